The van der Waals surface area contributed by atoms with Crippen LogP contribution in [0.2, 0.25) is 0 Å². The van der Waals surface area contributed by atoms with Crippen molar-refractivity contribution in [1.82, 2.24) is 4.90 Å². The van der Waals surface area contributed by atoms with Crippen LogP contribution in [-0.4, -0.2) is 18.0 Å². The van der Waals surface area contributed by atoms with E-state index in [0.717, 1.165) is 25.8 Å². The zero-order valence-corrected chi connectivity index (χ0v) is 17.5. The van der Waals surface area contributed by atoms with E-state index in [1.54, 1.807) is 6.07 Å². The SMILES string of the molecule is CC#N.CCC(CCc1ccc(C2(Cl)CC2)cc1)N(C)Cc1ccccc1. The highest BCUT2D eigenvalue weighted by Crippen LogP contribution is 2.51. The normalized spacial score (nSPS) is 15.4. The van der Waals surface area contributed by atoms with Crippen LogP contribution in [0.4, 0.5) is 0 Å². The molecule has 2 nitrogen and oxygen atoms in total. The molecule has 1 fully saturated rings. The lowest BCUT2D eigenvalue weighted by Crippen LogP contribution is -2.31. The van der Waals surface area contributed by atoms with Gasteiger partial charge in [0.05, 0.1) is 10.9 Å². The molecule has 0 radical (unpaired) electrons. The fourth-order valence-corrected chi connectivity index (χ4v) is 3.66. The molecule has 0 spiro atoms. The van der Waals surface area contributed by atoms with Crippen molar-refractivity contribution >= 4 is 11.6 Å². The third kappa shape index (κ3) is 6.69. The molecule has 0 amide bonds. The average Bonchev–Trinajstić information content (AvgIpc) is 3.43. The third-order valence-electron chi connectivity index (χ3n) is 5.30. The van der Waals surface area contributed by atoms with Gasteiger partial charge in [-0.1, -0.05) is 61.5 Å². The van der Waals surface area contributed by atoms with Gasteiger partial charge in [0.25, 0.3) is 0 Å². The van der Waals surface area contributed by atoms with Gasteiger partial charge in [-0.15, -0.1) is 11.6 Å². The second kappa shape index (κ2) is 10.5. The van der Waals surface area contributed by atoms with Crippen LogP contribution in [0, 0.1) is 11.3 Å². The van der Waals surface area contributed by atoms with Crippen molar-refractivity contribution in [3.63, 3.8) is 0 Å². The van der Waals surface area contributed by atoms with Gasteiger partial charge in [0, 0.05) is 19.5 Å². The standard InChI is InChI=1S/C22H28ClN.C2H3N/c1-3-21(24(2)17-19-7-5-4-6-8-19)14-11-18-9-12-20(13-10-18)22(23)15-16-22;1-2-3/h4-10,12-13,21H,3,11,14-17H2,1-2H3;1H3. The highest BCUT2D eigenvalue weighted by atomic mass is 35.5. The Morgan fingerprint density at radius 3 is 2.19 bits per heavy atom. The zero-order chi connectivity index (χ0) is 19.7. The van der Waals surface area contributed by atoms with Crippen molar-refractivity contribution < 1.29 is 0 Å². The number of hydrogen-bond acceptors (Lipinski definition) is 2. The first-order valence-electron chi connectivity index (χ1n) is 9.85. The van der Waals surface area contributed by atoms with Crippen LogP contribution < -0.4 is 0 Å². The topological polar surface area (TPSA) is 27.0 Å². The summed E-state index contributed by atoms with van der Waals surface area (Å²) in [7, 11) is 2.24. The summed E-state index contributed by atoms with van der Waals surface area (Å²) in [6.07, 6.45) is 5.76. The average molecular weight is 383 g/mol. The molecule has 3 rings (SSSR count). The van der Waals surface area contributed by atoms with E-state index in [1.165, 1.54) is 36.5 Å². The lowest BCUT2D eigenvalue weighted by Gasteiger charge is -2.27. The summed E-state index contributed by atoms with van der Waals surface area (Å²) < 4.78 is 0. The number of halogens is 1. The van der Waals surface area contributed by atoms with Gasteiger partial charge in [0.2, 0.25) is 0 Å². The number of hydrogen-bond donors (Lipinski definition) is 0. The molecule has 144 valence electrons. The van der Waals surface area contributed by atoms with Crippen LogP contribution >= 0.6 is 11.6 Å². The predicted octanol–water partition coefficient (Wildman–Crippen LogP) is 6.29. The van der Waals surface area contributed by atoms with E-state index in [9.17, 15) is 0 Å². The molecule has 2 aromatic rings. The summed E-state index contributed by atoms with van der Waals surface area (Å²) in [6, 6.07) is 22.1. The zero-order valence-electron chi connectivity index (χ0n) is 16.8. The van der Waals surface area contributed by atoms with Crippen molar-refractivity contribution in [2.24, 2.45) is 0 Å². The first-order chi connectivity index (χ1) is 13.0. The molecule has 0 heterocycles. The van der Waals surface area contributed by atoms with E-state index in [4.69, 9.17) is 16.9 Å². The monoisotopic (exact) mass is 382 g/mol. The number of alkyl halides is 1. The van der Waals surface area contributed by atoms with Crippen molar-refractivity contribution in [2.75, 3.05) is 7.05 Å². The summed E-state index contributed by atoms with van der Waals surface area (Å²) >= 11 is 6.48. The van der Waals surface area contributed by atoms with E-state index >= 15 is 0 Å². The predicted molar refractivity (Wildman–Crippen MR) is 115 cm³/mol. The number of nitrogens with zero attached hydrogens (tertiary/aromatic N) is 2. The molecular formula is C24H31ClN2. The number of aryl methyl sites for hydroxylation is 1. The summed E-state index contributed by atoms with van der Waals surface area (Å²) in [6.45, 7) is 4.74. The first kappa shape index (κ1) is 21.5. The molecule has 1 aliphatic carbocycles. The lowest BCUT2D eigenvalue weighted by atomic mass is 10.00. The summed E-state index contributed by atoms with van der Waals surface area (Å²) in [5.41, 5.74) is 4.10. The van der Waals surface area contributed by atoms with E-state index in [0.29, 0.717) is 6.04 Å². The highest BCUT2D eigenvalue weighted by Gasteiger charge is 2.41. The maximum absolute atomic E-state index is 7.32. The molecule has 0 bridgehead atoms. The maximum Gasteiger partial charge on any atom is 0.0696 e. The minimum absolute atomic E-state index is 0.0413. The summed E-state index contributed by atoms with van der Waals surface area (Å²) in [5, 5.41) is 7.32. The van der Waals surface area contributed by atoms with E-state index in [-0.39, 0.29) is 4.87 Å². The van der Waals surface area contributed by atoms with Gasteiger partial charge in [0.1, 0.15) is 0 Å². The Kier molecular flexibility index (Phi) is 8.35. The van der Waals surface area contributed by atoms with Crippen LogP contribution in [0.1, 0.15) is 56.2 Å². The number of nitriles is 1. The van der Waals surface area contributed by atoms with Crippen LogP contribution in [0.3, 0.4) is 0 Å². The van der Waals surface area contributed by atoms with Crippen molar-refractivity contribution in [3.8, 4) is 6.07 Å². The summed E-state index contributed by atoms with van der Waals surface area (Å²) in [4.78, 5) is 2.45. The Bertz CT molecular complexity index is 714. The Balaban J connectivity index is 0.000000817. The Hall–Kier alpha value is -1.82. The quantitative estimate of drug-likeness (QED) is 0.502. The first-order valence-corrected chi connectivity index (χ1v) is 10.2. The molecule has 1 unspecified atom stereocenters. The fourth-order valence-electron chi connectivity index (χ4n) is 3.44. The van der Waals surface area contributed by atoms with E-state index in [1.807, 2.05) is 0 Å². The molecule has 1 aliphatic rings. The third-order valence-corrected chi connectivity index (χ3v) is 5.89. The van der Waals surface area contributed by atoms with Crippen LogP contribution in [0.15, 0.2) is 54.6 Å². The second-order valence-electron chi connectivity index (χ2n) is 7.39. The second-order valence-corrected chi connectivity index (χ2v) is 8.11. The largest absolute Gasteiger partial charge is 0.299 e. The minimum atomic E-state index is -0.0413. The van der Waals surface area contributed by atoms with Gasteiger partial charge in [0.15, 0.2) is 0 Å². The molecule has 1 saturated carbocycles. The van der Waals surface area contributed by atoms with Gasteiger partial charge in [-0.2, -0.15) is 5.26 Å². The summed E-state index contributed by atoms with van der Waals surface area (Å²) in [5.74, 6) is 0. The fraction of sp³-hybridized carbons (Fsp3) is 0.458. The van der Waals surface area contributed by atoms with Gasteiger partial charge in [-0.25, -0.2) is 0 Å². The molecule has 0 aliphatic heterocycles. The van der Waals surface area contributed by atoms with E-state index < -0.39 is 0 Å². The highest BCUT2D eigenvalue weighted by molar-refractivity contribution is 6.25. The number of benzene rings is 2. The molecule has 3 heteroatoms. The maximum atomic E-state index is 7.32. The smallest absolute Gasteiger partial charge is 0.0696 e. The van der Waals surface area contributed by atoms with Crippen molar-refractivity contribution in [2.45, 2.75) is 63.4 Å². The van der Waals surface area contributed by atoms with Gasteiger partial charge in [-0.05, 0) is 55.8 Å². The molecule has 0 aromatic heterocycles. The Labute approximate surface area is 169 Å². The molecule has 1 atom stereocenters. The molecule has 27 heavy (non-hydrogen) atoms. The van der Waals surface area contributed by atoms with E-state index in [2.05, 4.69) is 73.5 Å². The molecular weight excluding hydrogens is 352 g/mol. The molecule has 0 saturated heterocycles. The molecule has 2 aromatic carbocycles. The molecule has 0 N–H and O–H groups in total. The lowest BCUT2D eigenvalue weighted by molar-refractivity contribution is 0.216. The minimum Gasteiger partial charge on any atom is -0.299 e. The number of rotatable bonds is 8. The van der Waals surface area contributed by atoms with Crippen LogP contribution in [0.5, 0.6) is 0 Å². The Morgan fingerprint density at radius 2 is 1.67 bits per heavy atom. The van der Waals surface area contributed by atoms with Crippen molar-refractivity contribution in [1.29, 1.82) is 5.26 Å². The van der Waals surface area contributed by atoms with Crippen molar-refractivity contribution in [3.05, 3.63) is 71.3 Å². The Morgan fingerprint density at radius 1 is 1.07 bits per heavy atom. The van der Waals surface area contributed by atoms with Crippen LogP contribution in [0.25, 0.3) is 0 Å². The van der Waals surface area contributed by atoms with Gasteiger partial charge in [-0.3, -0.25) is 4.90 Å². The van der Waals surface area contributed by atoms with Crippen LogP contribution in [-0.2, 0) is 17.8 Å². The van der Waals surface area contributed by atoms with Gasteiger partial charge >= 0.3 is 0 Å². The van der Waals surface area contributed by atoms with Gasteiger partial charge < -0.3 is 0 Å².